The van der Waals surface area contributed by atoms with E-state index in [0.717, 1.165) is 24.0 Å². The van der Waals surface area contributed by atoms with Crippen molar-refractivity contribution in [1.82, 2.24) is 0 Å². The van der Waals surface area contributed by atoms with Gasteiger partial charge in [0.05, 0.1) is 38.4 Å². The Labute approximate surface area is 277 Å². The first-order valence-corrected chi connectivity index (χ1v) is 18.3. The maximum absolute atomic E-state index is 14.9. The van der Waals surface area contributed by atoms with Crippen molar-refractivity contribution in [2.45, 2.75) is 75.5 Å². The van der Waals surface area contributed by atoms with Gasteiger partial charge in [-0.15, -0.1) is 0 Å². The first-order valence-electron chi connectivity index (χ1n) is 16.9. The number of phosphoric ester groups is 1. The Bertz CT molecular complexity index is 1560. The van der Waals surface area contributed by atoms with E-state index >= 15 is 0 Å². The summed E-state index contributed by atoms with van der Waals surface area (Å²) in [6, 6.07) is 38.2. The molecule has 3 fully saturated rings. The van der Waals surface area contributed by atoms with Crippen molar-refractivity contribution in [3.05, 3.63) is 144 Å². The van der Waals surface area contributed by atoms with Crippen LogP contribution in [0.4, 0.5) is 0 Å². The number of ether oxygens (including phenoxy) is 1. The third-order valence-corrected chi connectivity index (χ3v) is 11.8. The molecule has 2 atom stereocenters. The van der Waals surface area contributed by atoms with Gasteiger partial charge < -0.3 is 9.22 Å². The van der Waals surface area contributed by atoms with Gasteiger partial charge in [-0.1, -0.05) is 121 Å². The second-order valence-electron chi connectivity index (χ2n) is 13.1. The van der Waals surface area contributed by atoms with E-state index in [0.29, 0.717) is 23.2 Å². The molecule has 244 valence electrons. The zero-order chi connectivity index (χ0) is 32.2. The molecule has 4 aromatic carbocycles. The van der Waals surface area contributed by atoms with E-state index in [2.05, 4.69) is 0 Å². The number of benzene rings is 4. The summed E-state index contributed by atoms with van der Waals surface area (Å²) in [5, 5.41) is 0. The fourth-order valence-corrected chi connectivity index (χ4v) is 9.56. The number of piperidine rings is 1. The quantitative estimate of drug-likeness (QED) is 0.0871. The maximum Gasteiger partial charge on any atom is 0.477 e. The topological polar surface area (TPSA) is 71.1 Å². The van der Waals surface area contributed by atoms with E-state index in [-0.39, 0.29) is 19.3 Å². The minimum absolute atomic E-state index is 0.0341. The molecule has 3 saturated heterocycles. The summed E-state index contributed by atoms with van der Waals surface area (Å²) in [5.41, 5.74) is 0.657. The van der Waals surface area contributed by atoms with Crippen molar-refractivity contribution >= 4 is 13.8 Å². The fraction of sp³-hybridized carbons (Fsp3) is 0.359. The summed E-state index contributed by atoms with van der Waals surface area (Å²) in [5.74, 6) is -0.610. The number of phosphoric acid groups is 1. The molecule has 0 aromatic heterocycles. The smallest absolute Gasteiger partial charge is 0.459 e. The molecule has 2 unspecified atom stereocenters. The van der Waals surface area contributed by atoms with Crippen LogP contribution >= 0.6 is 7.82 Å². The van der Waals surface area contributed by atoms with Gasteiger partial charge in [0.15, 0.2) is 0 Å². The third kappa shape index (κ3) is 6.61. The zero-order valence-electron chi connectivity index (χ0n) is 26.7. The molecular formula is C39H43NO6P+. The molecule has 1 spiro atoms. The fourth-order valence-electron chi connectivity index (χ4n) is 8.14. The lowest BCUT2D eigenvalue weighted by atomic mass is 9.86. The van der Waals surface area contributed by atoms with Gasteiger partial charge in [-0.3, -0.25) is 13.6 Å². The van der Waals surface area contributed by atoms with Gasteiger partial charge >= 0.3 is 13.8 Å². The van der Waals surface area contributed by atoms with Crippen LogP contribution in [-0.4, -0.2) is 41.7 Å². The average Bonchev–Trinajstić information content (AvgIpc) is 3.67. The number of hydrogen-bond donors (Lipinski definition) is 0. The van der Waals surface area contributed by atoms with Gasteiger partial charge in [-0.2, -0.15) is 0 Å². The van der Waals surface area contributed by atoms with Crippen LogP contribution in [0.2, 0.25) is 0 Å². The SMILES string of the molecule is O=C(OC1CC2CCC(C1)[N+]21CCCC1)C(OP(=O)(OCc1ccccc1)OCc1ccccc1)(c1ccccc1)c1ccccc1. The van der Waals surface area contributed by atoms with Crippen molar-refractivity contribution in [3.8, 4) is 0 Å². The van der Waals surface area contributed by atoms with E-state index < -0.39 is 19.4 Å². The molecule has 3 aliphatic heterocycles. The van der Waals surface area contributed by atoms with E-state index in [4.69, 9.17) is 18.3 Å². The van der Waals surface area contributed by atoms with E-state index in [1.54, 1.807) is 0 Å². The van der Waals surface area contributed by atoms with Crippen LogP contribution in [0, 0.1) is 0 Å². The van der Waals surface area contributed by atoms with Crippen LogP contribution in [0.1, 0.15) is 60.8 Å². The standard InChI is InChI=1S/C39H43NO6P/c41-38(45-37-27-35-23-24-36(28-37)40(35)25-13-14-26-40)39(33-19-9-3-10-20-33,34-21-11-4-12-22-34)46-47(42,43-29-31-15-5-1-6-16-31)44-30-32-17-7-2-8-18-32/h1-12,15-22,35-37H,13-14,23-30H2/q+1. The van der Waals surface area contributed by atoms with Gasteiger partial charge in [0.2, 0.25) is 5.60 Å². The number of quaternary nitrogens is 1. The summed E-state index contributed by atoms with van der Waals surface area (Å²) >= 11 is 0. The summed E-state index contributed by atoms with van der Waals surface area (Å²) in [6.45, 7) is 2.40. The number of esters is 1. The Morgan fingerprint density at radius 1 is 0.660 bits per heavy atom. The average molecular weight is 653 g/mol. The molecule has 8 heteroatoms. The maximum atomic E-state index is 14.9. The van der Waals surface area contributed by atoms with Crippen LogP contribution in [-0.2, 0) is 46.5 Å². The van der Waals surface area contributed by atoms with Crippen molar-refractivity contribution in [2.24, 2.45) is 0 Å². The Morgan fingerprint density at radius 3 is 1.53 bits per heavy atom. The highest BCUT2D eigenvalue weighted by molar-refractivity contribution is 7.48. The normalized spacial score (nSPS) is 21.9. The highest BCUT2D eigenvalue weighted by atomic mass is 31.2. The predicted octanol–water partition coefficient (Wildman–Crippen LogP) is 8.34. The lowest BCUT2D eigenvalue weighted by molar-refractivity contribution is -0.956. The largest absolute Gasteiger partial charge is 0.477 e. The monoisotopic (exact) mass is 652 g/mol. The molecule has 0 N–H and O–H groups in total. The van der Waals surface area contributed by atoms with E-state index in [1.165, 1.54) is 43.3 Å². The Kier molecular flexibility index (Phi) is 9.44. The predicted molar refractivity (Wildman–Crippen MR) is 180 cm³/mol. The first kappa shape index (κ1) is 32.0. The van der Waals surface area contributed by atoms with Crippen molar-refractivity contribution in [2.75, 3.05) is 13.1 Å². The number of hydrogen-bond acceptors (Lipinski definition) is 6. The van der Waals surface area contributed by atoms with Crippen molar-refractivity contribution in [3.63, 3.8) is 0 Å². The molecular weight excluding hydrogens is 609 g/mol. The molecule has 47 heavy (non-hydrogen) atoms. The van der Waals surface area contributed by atoms with Crippen LogP contribution in [0.15, 0.2) is 121 Å². The molecule has 0 saturated carbocycles. The highest BCUT2D eigenvalue weighted by Gasteiger charge is 2.58. The van der Waals surface area contributed by atoms with E-state index in [1.807, 2.05) is 121 Å². The molecule has 0 radical (unpaired) electrons. The molecule has 2 bridgehead atoms. The van der Waals surface area contributed by atoms with Gasteiger partial charge in [0.25, 0.3) is 0 Å². The van der Waals surface area contributed by atoms with Gasteiger partial charge in [-0.25, -0.2) is 9.36 Å². The zero-order valence-corrected chi connectivity index (χ0v) is 27.6. The summed E-state index contributed by atoms with van der Waals surface area (Å²) in [4.78, 5) is 14.9. The van der Waals surface area contributed by atoms with Crippen LogP contribution < -0.4 is 0 Å². The molecule has 0 aliphatic carbocycles. The van der Waals surface area contributed by atoms with E-state index in [9.17, 15) is 9.36 Å². The highest BCUT2D eigenvalue weighted by Crippen LogP contribution is 2.58. The lowest BCUT2D eigenvalue weighted by Crippen LogP contribution is -2.60. The molecule has 4 aromatic rings. The molecule has 3 aliphatic rings. The van der Waals surface area contributed by atoms with Gasteiger partial charge in [0, 0.05) is 49.7 Å². The molecule has 3 heterocycles. The second kappa shape index (κ2) is 13.9. The Balaban J connectivity index is 1.25. The number of rotatable bonds is 12. The van der Waals surface area contributed by atoms with Crippen LogP contribution in [0.5, 0.6) is 0 Å². The third-order valence-electron chi connectivity index (χ3n) is 10.4. The van der Waals surface area contributed by atoms with Crippen LogP contribution in [0.3, 0.4) is 0 Å². The Morgan fingerprint density at radius 2 is 1.09 bits per heavy atom. The number of carbonyl (C=O) groups is 1. The molecule has 7 rings (SSSR count). The summed E-state index contributed by atoms with van der Waals surface area (Å²) in [6.07, 6.45) is 6.30. The minimum Gasteiger partial charge on any atom is -0.459 e. The van der Waals surface area contributed by atoms with Gasteiger partial charge in [-0.05, 0) is 11.1 Å². The van der Waals surface area contributed by atoms with Crippen molar-refractivity contribution in [1.29, 1.82) is 0 Å². The van der Waals surface area contributed by atoms with Crippen molar-refractivity contribution < 1.29 is 32.2 Å². The Hall–Kier alpha value is -3.58. The molecule has 0 amide bonds. The summed E-state index contributed by atoms with van der Waals surface area (Å²) < 4.78 is 41.4. The second-order valence-corrected chi connectivity index (χ2v) is 14.7. The number of carbonyl (C=O) groups excluding carboxylic acids is 1. The minimum atomic E-state index is -4.45. The number of nitrogens with zero attached hydrogens (tertiary/aromatic N) is 1. The lowest BCUT2D eigenvalue weighted by Gasteiger charge is -2.47. The molecule has 7 nitrogen and oxygen atoms in total. The first-order chi connectivity index (χ1) is 23.0. The van der Waals surface area contributed by atoms with Gasteiger partial charge in [0.1, 0.15) is 6.10 Å². The van der Waals surface area contributed by atoms with Crippen LogP contribution in [0.25, 0.3) is 0 Å². The summed E-state index contributed by atoms with van der Waals surface area (Å²) in [7, 11) is -4.45.